The van der Waals surface area contributed by atoms with Crippen molar-refractivity contribution in [3.8, 4) is 0 Å². The van der Waals surface area contributed by atoms with Gasteiger partial charge in [0.15, 0.2) is 0 Å². The fourth-order valence-electron chi connectivity index (χ4n) is 3.58. The Labute approximate surface area is 156 Å². The maximum Gasteiger partial charge on any atom is 0.317 e. The first-order valence-corrected chi connectivity index (χ1v) is 9.72. The number of fused-ring (bicyclic) bond motifs is 1. The Bertz CT molecular complexity index is 735. The molecular weight excluding hydrogens is 326 g/mol. The molecule has 1 fully saturated rings. The van der Waals surface area contributed by atoms with Gasteiger partial charge in [-0.3, -0.25) is 4.90 Å². The molecule has 0 bridgehead atoms. The Morgan fingerprint density at radius 2 is 2.12 bits per heavy atom. The van der Waals surface area contributed by atoms with E-state index in [0.29, 0.717) is 19.1 Å². The predicted octanol–water partition coefficient (Wildman–Crippen LogP) is 2.93. The molecule has 6 nitrogen and oxygen atoms in total. The Kier molecular flexibility index (Phi) is 6.14. The Balaban J connectivity index is 1.45. The number of rotatable bonds is 6. The first-order chi connectivity index (χ1) is 12.5. The van der Waals surface area contributed by atoms with Crippen LogP contribution in [0.15, 0.2) is 18.2 Å². The summed E-state index contributed by atoms with van der Waals surface area (Å²) in [5, 5.41) is 3.07. The summed E-state index contributed by atoms with van der Waals surface area (Å²) >= 11 is 0. The number of nitrogens with zero attached hydrogens (tertiary/aromatic N) is 3. The maximum absolute atomic E-state index is 12.3. The van der Waals surface area contributed by atoms with E-state index in [2.05, 4.69) is 40.1 Å². The van der Waals surface area contributed by atoms with Gasteiger partial charge in [-0.2, -0.15) is 0 Å². The van der Waals surface area contributed by atoms with Gasteiger partial charge in [0.2, 0.25) is 0 Å². The molecule has 1 aromatic carbocycles. The highest BCUT2D eigenvalue weighted by molar-refractivity contribution is 5.78. The van der Waals surface area contributed by atoms with Crippen LogP contribution in [0.3, 0.4) is 0 Å². The minimum atomic E-state index is -0.0128. The zero-order chi connectivity index (χ0) is 18.5. The molecule has 1 saturated heterocycles. The van der Waals surface area contributed by atoms with Gasteiger partial charge in [-0.25, -0.2) is 9.78 Å². The van der Waals surface area contributed by atoms with E-state index in [1.807, 2.05) is 19.2 Å². The fourth-order valence-corrected chi connectivity index (χ4v) is 3.58. The molecule has 142 valence electrons. The quantitative estimate of drug-likeness (QED) is 0.835. The standard InChI is InChI=1S/C20H31N5O/c1-15-8-7-9-17-19(15)23-18(22-17)10-13-24(3)20(26)21-14-16(2)25-11-5-4-6-12-25/h7-9,16H,4-6,10-14H2,1-3H3,(H,21,26)(H,22,23)/t16-/m1/s1. The average Bonchev–Trinajstić information content (AvgIpc) is 3.09. The predicted molar refractivity (Wildman–Crippen MR) is 105 cm³/mol. The SMILES string of the molecule is Cc1cccc2[nH]c(CCN(C)C(=O)NC[C@@H](C)N3CCCCC3)nc12. The van der Waals surface area contributed by atoms with Gasteiger partial charge in [0.1, 0.15) is 5.82 Å². The molecule has 0 unspecified atom stereocenters. The molecule has 0 radical (unpaired) electrons. The number of carbonyl (C=O) groups is 1. The molecule has 2 heterocycles. The van der Waals surface area contributed by atoms with Crippen LogP contribution in [0.2, 0.25) is 0 Å². The van der Waals surface area contributed by atoms with Gasteiger partial charge in [-0.1, -0.05) is 18.6 Å². The Hall–Kier alpha value is -2.08. The number of aromatic nitrogens is 2. The summed E-state index contributed by atoms with van der Waals surface area (Å²) in [4.78, 5) is 24.6. The number of carbonyl (C=O) groups excluding carboxylic acids is 1. The van der Waals surface area contributed by atoms with Crippen LogP contribution in [0.4, 0.5) is 4.79 Å². The fraction of sp³-hybridized carbons (Fsp3) is 0.600. The van der Waals surface area contributed by atoms with E-state index in [1.165, 1.54) is 24.8 Å². The topological polar surface area (TPSA) is 64.3 Å². The molecule has 2 amide bonds. The van der Waals surface area contributed by atoms with E-state index < -0.39 is 0 Å². The number of amides is 2. The Morgan fingerprint density at radius 3 is 2.85 bits per heavy atom. The van der Waals surface area contributed by atoms with E-state index >= 15 is 0 Å². The van der Waals surface area contributed by atoms with E-state index in [1.54, 1.807) is 4.90 Å². The normalized spacial score (nSPS) is 16.6. The number of H-pyrrole nitrogens is 1. The second-order valence-electron chi connectivity index (χ2n) is 7.46. The molecule has 2 aromatic rings. The number of nitrogens with one attached hydrogen (secondary N) is 2. The number of hydrogen-bond donors (Lipinski definition) is 2. The van der Waals surface area contributed by atoms with Crippen LogP contribution < -0.4 is 5.32 Å². The summed E-state index contributed by atoms with van der Waals surface area (Å²) in [5.74, 6) is 0.927. The van der Waals surface area contributed by atoms with Crippen molar-refractivity contribution >= 4 is 17.1 Å². The summed E-state index contributed by atoms with van der Waals surface area (Å²) in [5.41, 5.74) is 3.25. The van der Waals surface area contributed by atoms with Crippen LogP contribution in [0.1, 0.15) is 37.6 Å². The van der Waals surface area contributed by atoms with E-state index in [0.717, 1.165) is 36.4 Å². The number of aryl methyl sites for hydroxylation is 1. The lowest BCUT2D eigenvalue weighted by Crippen LogP contribution is -2.47. The minimum absolute atomic E-state index is 0.0128. The number of benzene rings is 1. The maximum atomic E-state index is 12.3. The van der Waals surface area contributed by atoms with E-state index in [9.17, 15) is 4.79 Å². The molecule has 1 aromatic heterocycles. The zero-order valence-corrected chi connectivity index (χ0v) is 16.2. The molecule has 1 aliphatic heterocycles. The zero-order valence-electron chi connectivity index (χ0n) is 16.2. The van der Waals surface area contributed by atoms with Gasteiger partial charge in [0.25, 0.3) is 0 Å². The second kappa shape index (κ2) is 8.54. The molecule has 2 N–H and O–H groups in total. The molecule has 3 rings (SSSR count). The van der Waals surface area contributed by atoms with Crippen molar-refractivity contribution in [1.82, 2.24) is 25.1 Å². The van der Waals surface area contributed by atoms with Gasteiger partial charge in [0, 0.05) is 32.6 Å². The lowest BCUT2D eigenvalue weighted by Gasteiger charge is -2.32. The van der Waals surface area contributed by atoms with Crippen molar-refractivity contribution in [2.45, 2.75) is 45.6 Å². The Morgan fingerprint density at radius 1 is 1.35 bits per heavy atom. The summed E-state index contributed by atoms with van der Waals surface area (Å²) < 4.78 is 0. The largest absolute Gasteiger partial charge is 0.342 e. The summed E-state index contributed by atoms with van der Waals surface area (Å²) in [6.07, 6.45) is 4.60. The van der Waals surface area contributed by atoms with Crippen molar-refractivity contribution in [3.05, 3.63) is 29.6 Å². The average molecular weight is 358 g/mol. The number of para-hydroxylation sites is 1. The highest BCUT2D eigenvalue weighted by atomic mass is 16.2. The van der Waals surface area contributed by atoms with E-state index in [-0.39, 0.29) is 6.03 Å². The van der Waals surface area contributed by atoms with Crippen molar-refractivity contribution in [3.63, 3.8) is 0 Å². The number of imidazole rings is 1. The highest BCUT2D eigenvalue weighted by Gasteiger charge is 2.18. The van der Waals surface area contributed by atoms with Gasteiger partial charge in [-0.15, -0.1) is 0 Å². The van der Waals surface area contributed by atoms with Crippen LogP contribution in [-0.4, -0.2) is 65.1 Å². The smallest absolute Gasteiger partial charge is 0.317 e. The van der Waals surface area contributed by atoms with Gasteiger partial charge >= 0.3 is 6.03 Å². The van der Waals surface area contributed by atoms with Gasteiger partial charge < -0.3 is 15.2 Å². The van der Waals surface area contributed by atoms with Gasteiger partial charge in [-0.05, 0) is 51.4 Å². The van der Waals surface area contributed by atoms with Crippen LogP contribution >= 0.6 is 0 Å². The first kappa shape index (κ1) is 18.7. The molecule has 6 heteroatoms. The highest BCUT2D eigenvalue weighted by Crippen LogP contribution is 2.15. The van der Waals surface area contributed by atoms with Crippen LogP contribution in [-0.2, 0) is 6.42 Å². The van der Waals surface area contributed by atoms with E-state index in [4.69, 9.17) is 0 Å². The lowest BCUT2D eigenvalue weighted by molar-refractivity contribution is 0.165. The van der Waals surface area contributed by atoms with Crippen molar-refractivity contribution in [2.75, 3.05) is 33.2 Å². The third-order valence-electron chi connectivity index (χ3n) is 5.36. The number of hydrogen-bond acceptors (Lipinski definition) is 3. The molecular formula is C20H31N5O. The number of aromatic amines is 1. The molecule has 0 saturated carbocycles. The van der Waals surface area contributed by atoms with Crippen molar-refractivity contribution in [2.24, 2.45) is 0 Å². The third kappa shape index (κ3) is 4.55. The number of piperidine rings is 1. The number of likely N-dealkylation sites (tertiary alicyclic amines) is 1. The van der Waals surface area contributed by atoms with Crippen LogP contribution in [0, 0.1) is 6.92 Å². The monoisotopic (exact) mass is 357 g/mol. The molecule has 0 aliphatic carbocycles. The second-order valence-corrected chi connectivity index (χ2v) is 7.46. The minimum Gasteiger partial charge on any atom is -0.342 e. The number of urea groups is 1. The molecule has 1 atom stereocenters. The number of likely N-dealkylation sites (N-methyl/N-ethyl adjacent to an activating group) is 1. The molecule has 0 spiro atoms. The summed E-state index contributed by atoms with van der Waals surface area (Å²) in [6.45, 7) is 7.91. The van der Waals surface area contributed by atoms with Crippen LogP contribution in [0.5, 0.6) is 0 Å². The summed E-state index contributed by atoms with van der Waals surface area (Å²) in [6, 6.07) is 6.52. The third-order valence-corrected chi connectivity index (χ3v) is 5.36. The van der Waals surface area contributed by atoms with Crippen molar-refractivity contribution in [1.29, 1.82) is 0 Å². The van der Waals surface area contributed by atoms with Crippen molar-refractivity contribution < 1.29 is 4.79 Å². The first-order valence-electron chi connectivity index (χ1n) is 9.72. The molecule has 26 heavy (non-hydrogen) atoms. The van der Waals surface area contributed by atoms with Gasteiger partial charge in [0.05, 0.1) is 11.0 Å². The lowest BCUT2D eigenvalue weighted by atomic mass is 10.1. The molecule has 1 aliphatic rings. The summed E-state index contributed by atoms with van der Waals surface area (Å²) in [7, 11) is 1.84. The van der Waals surface area contributed by atoms with Crippen LogP contribution in [0.25, 0.3) is 11.0 Å².